The molecular formula is C17H11F3N2O2. The van der Waals surface area contributed by atoms with Crippen LogP contribution in [0.25, 0.3) is 11.0 Å². The Balaban J connectivity index is 2.08. The van der Waals surface area contributed by atoms with Crippen LogP contribution in [0.15, 0.2) is 48.5 Å². The summed E-state index contributed by atoms with van der Waals surface area (Å²) in [6.45, 7) is 0. The van der Waals surface area contributed by atoms with Gasteiger partial charge >= 0.3 is 6.18 Å². The second-order valence-corrected chi connectivity index (χ2v) is 5.12. The van der Waals surface area contributed by atoms with Crippen molar-refractivity contribution >= 4 is 16.8 Å². The highest BCUT2D eigenvalue weighted by atomic mass is 19.4. The lowest BCUT2D eigenvalue weighted by Gasteiger charge is -2.12. The molecule has 0 amide bonds. The third kappa shape index (κ3) is 3.05. The van der Waals surface area contributed by atoms with Gasteiger partial charge < -0.3 is 5.11 Å². The van der Waals surface area contributed by atoms with Crippen molar-refractivity contribution < 1.29 is 23.1 Å². The number of alkyl halides is 3. The fourth-order valence-corrected chi connectivity index (χ4v) is 2.34. The Kier molecular flexibility index (Phi) is 3.92. The minimum absolute atomic E-state index is 0.0550. The highest BCUT2D eigenvalue weighted by Crippen LogP contribution is 2.32. The smallest absolute Gasteiger partial charge is 0.435 e. The van der Waals surface area contributed by atoms with Crippen LogP contribution < -0.4 is 0 Å². The van der Waals surface area contributed by atoms with Gasteiger partial charge in [-0.25, -0.2) is 9.97 Å². The van der Waals surface area contributed by atoms with Crippen molar-refractivity contribution in [2.45, 2.75) is 12.6 Å². The third-order valence-electron chi connectivity index (χ3n) is 3.44. The van der Waals surface area contributed by atoms with Gasteiger partial charge in [0, 0.05) is 0 Å². The Bertz CT molecular complexity index is 923. The number of rotatable bonds is 3. The van der Waals surface area contributed by atoms with E-state index in [0.717, 1.165) is 0 Å². The molecule has 3 aromatic rings. The van der Waals surface area contributed by atoms with Crippen LogP contribution in [-0.2, 0) is 12.6 Å². The van der Waals surface area contributed by atoms with Crippen molar-refractivity contribution in [3.63, 3.8) is 0 Å². The zero-order chi connectivity index (χ0) is 17.3. The first kappa shape index (κ1) is 15.9. The molecule has 0 bridgehead atoms. The molecule has 2 aromatic carbocycles. The molecule has 0 unspecified atom stereocenters. The number of halogens is 3. The van der Waals surface area contributed by atoms with E-state index >= 15 is 0 Å². The molecule has 0 fully saturated rings. The first-order valence-electron chi connectivity index (χ1n) is 7.00. The number of aromatic hydroxyl groups is 1. The highest BCUT2D eigenvalue weighted by molar-refractivity contribution is 5.99. The number of hydrogen-bond acceptors (Lipinski definition) is 4. The van der Waals surface area contributed by atoms with Gasteiger partial charge in [-0.2, -0.15) is 13.2 Å². The van der Waals surface area contributed by atoms with Crippen LogP contribution in [0.5, 0.6) is 5.75 Å². The summed E-state index contributed by atoms with van der Waals surface area (Å²) in [5.41, 5.74) is -1.34. The SMILES string of the molecule is O=C(Cc1nc2ccccc2nc1C(F)(F)F)c1ccccc1O. The van der Waals surface area contributed by atoms with E-state index in [1.54, 1.807) is 12.1 Å². The van der Waals surface area contributed by atoms with Gasteiger partial charge in [0.25, 0.3) is 0 Å². The van der Waals surface area contributed by atoms with Crippen molar-refractivity contribution in [2.24, 2.45) is 0 Å². The number of carbonyl (C=O) groups is 1. The minimum Gasteiger partial charge on any atom is -0.507 e. The van der Waals surface area contributed by atoms with Crippen LogP contribution in [0.3, 0.4) is 0 Å². The van der Waals surface area contributed by atoms with Gasteiger partial charge in [-0.1, -0.05) is 24.3 Å². The van der Waals surface area contributed by atoms with Crippen LogP contribution in [0, 0.1) is 0 Å². The lowest BCUT2D eigenvalue weighted by atomic mass is 10.0. The molecule has 24 heavy (non-hydrogen) atoms. The molecule has 0 aliphatic rings. The number of nitrogens with zero attached hydrogens (tertiary/aromatic N) is 2. The number of aromatic nitrogens is 2. The first-order chi connectivity index (χ1) is 11.4. The van der Waals surface area contributed by atoms with E-state index in [4.69, 9.17) is 0 Å². The number of para-hydroxylation sites is 3. The van der Waals surface area contributed by atoms with Crippen LogP contribution >= 0.6 is 0 Å². The highest BCUT2D eigenvalue weighted by Gasteiger charge is 2.37. The molecule has 0 aliphatic heterocycles. The number of fused-ring (bicyclic) bond motifs is 1. The Morgan fingerprint density at radius 1 is 0.958 bits per heavy atom. The third-order valence-corrected chi connectivity index (χ3v) is 3.44. The molecule has 0 saturated carbocycles. The van der Waals surface area contributed by atoms with Gasteiger partial charge in [0.15, 0.2) is 11.5 Å². The maximum Gasteiger partial charge on any atom is 0.435 e. The van der Waals surface area contributed by atoms with Crippen molar-refractivity contribution in [3.05, 3.63) is 65.5 Å². The molecule has 1 N–H and O–H groups in total. The van der Waals surface area contributed by atoms with Gasteiger partial charge in [0.2, 0.25) is 0 Å². The van der Waals surface area contributed by atoms with Crippen LogP contribution in [0.2, 0.25) is 0 Å². The van der Waals surface area contributed by atoms with Gasteiger partial charge in [0.1, 0.15) is 5.75 Å². The van der Waals surface area contributed by atoms with Crippen molar-refractivity contribution in [1.29, 1.82) is 0 Å². The van der Waals surface area contributed by atoms with E-state index in [1.807, 2.05) is 0 Å². The number of Topliss-reactive ketones (excluding diaryl/α,β-unsaturated/α-hetero) is 1. The topological polar surface area (TPSA) is 63.1 Å². The molecule has 7 heteroatoms. The second kappa shape index (κ2) is 5.92. The maximum absolute atomic E-state index is 13.2. The summed E-state index contributed by atoms with van der Waals surface area (Å²) in [5, 5.41) is 9.68. The lowest BCUT2D eigenvalue weighted by molar-refractivity contribution is -0.141. The molecule has 0 radical (unpaired) electrons. The van der Waals surface area contributed by atoms with Crippen LogP contribution in [0.1, 0.15) is 21.7 Å². The fourth-order valence-electron chi connectivity index (χ4n) is 2.34. The second-order valence-electron chi connectivity index (χ2n) is 5.12. The monoisotopic (exact) mass is 332 g/mol. The van der Waals surface area contributed by atoms with E-state index in [0.29, 0.717) is 0 Å². The van der Waals surface area contributed by atoms with Gasteiger partial charge in [0.05, 0.1) is 28.7 Å². The largest absolute Gasteiger partial charge is 0.507 e. The van der Waals surface area contributed by atoms with Crippen LogP contribution in [-0.4, -0.2) is 20.9 Å². The Labute approximate surface area is 134 Å². The average molecular weight is 332 g/mol. The van der Waals surface area contributed by atoms with E-state index in [1.165, 1.54) is 36.4 Å². The number of phenolic OH excluding ortho intramolecular Hbond substituents is 1. The molecule has 1 heterocycles. The minimum atomic E-state index is -4.73. The molecule has 0 aliphatic carbocycles. The molecule has 0 saturated heterocycles. The predicted molar refractivity (Wildman–Crippen MR) is 80.7 cm³/mol. The van der Waals surface area contributed by atoms with Gasteiger partial charge in [-0.05, 0) is 24.3 Å². The molecule has 0 spiro atoms. The van der Waals surface area contributed by atoms with E-state index in [-0.39, 0.29) is 22.3 Å². The standard InChI is InChI=1S/C17H11F3N2O2/c18-17(19,20)16-13(21-11-6-2-3-7-12(11)22-16)9-15(24)10-5-1-4-8-14(10)23/h1-8,23H,9H2. The molecule has 0 atom stereocenters. The number of carbonyl (C=O) groups excluding carboxylic acids is 1. The predicted octanol–water partition coefficient (Wildman–Crippen LogP) is 3.78. The lowest BCUT2D eigenvalue weighted by Crippen LogP contribution is -2.17. The van der Waals surface area contributed by atoms with E-state index in [2.05, 4.69) is 9.97 Å². The van der Waals surface area contributed by atoms with Crippen molar-refractivity contribution in [1.82, 2.24) is 9.97 Å². The molecular weight excluding hydrogens is 321 g/mol. The summed E-state index contributed by atoms with van der Waals surface area (Å²) in [6.07, 6.45) is -5.34. The summed E-state index contributed by atoms with van der Waals surface area (Å²) >= 11 is 0. The van der Waals surface area contributed by atoms with E-state index in [9.17, 15) is 23.1 Å². The fraction of sp³-hybridized carbons (Fsp3) is 0.118. The molecule has 122 valence electrons. The van der Waals surface area contributed by atoms with Gasteiger partial charge in [-0.3, -0.25) is 4.79 Å². The molecule has 3 rings (SSSR count). The number of hydrogen-bond donors (Lipinski definition) is 1. The molecule has 1 aromatic heterocycles. The van der Waals surface area contributed by atoms with Crippen LogP contribution in [0.4, 0.5) is 13.2 Å². The zero-order valence-corrected chi connectivity index (χ0v) is 12.2. The van der Waals surface area contributed by atoms with Crippen molar-refractivity contribution in [2.75, 3.05) is 0 Å². The Morgan fingerprint density at radius 3 is 2.17 bits per heavy atom. The van der Waals surface area contributed by atoms with Crippen molar-refractivity contribution in [3.8, 4) is 5.75 Å². The summed E-state index contributed by atoms with van der Waals surface area (Å²) < 4.78 is 39.7. The first-order valence-corrected chi connectivity index (χ1v) is 7.00. The normalized spacial score (nSPS) is 11.6. The molecule has 4 nitrogen and oxygen atoms in total. The summed E-state index contributed by atoms with van der Waals surface area (Å²) in [5.74, 6) is -0.951. The summed E-state index contributed by atoms with van der Waals surface area (Å²) in [7, 11) is 0. The van der Waals surface area contributed by atoms with E-state index < -0.39 is 29.8 Å². The maximum atomic E-state index is 13.2. The Morgan fingerprint density at radius 2 is 1.54 bits per heavy atom. The number of phenols is 1. The average Bonchev–Trinajstić information content (AvgIpc) is 2.53. The Hall–Kier alpha value is -2.96. The van der Waals surface area contributed by atoms with Gasteiger partial charge in [-0.15, -0.1) is 0 Å². The summed E-state index contributed by atoms with van der Waals surface area (Å²) in [4.78, 5) is 19.8. The summed E-state index contributed by atoms with van der Waals surface area (Å²) in [6, 6.07) is 11.8. The zero-order valence-electron chi connectivity index (χ0n) is 12.2. The quantitative estimate of drug-likeness (QED) is 0.742. The number of benzene rings is 2. The number of ketones is 1.